The van der Waals surface area contributed by atoms with Crippen LogP contribution >= 0.6 is 28.1 Å². The van der Waals surface area contributed by atoms with Crippen LogP contribution in [0.4, 0.5) is 5.69 Å². The Morgan fingerprint density at radius 2 is 2.19 bits per heavy atom. The molecule has 0 aliphatic rings. The molecule has 0 radical (unpaired) electrons. The first-order valence-electron chi connectivity index (χ1n) is 5.36. The Balaban J connectivity index is 2.59. The van der Waals surface area contributed by atoms with Gasteiger partial charge in [-0.15, -0.1) is 0 Å². The zero-order valence-corrected chi connectivity index (χ0v) is 12.2. The molecule has 0 aliphatic carbocycles. The third-order valence-electron chi connectivity index (χ3n) is 2.41. The van der Waals surface area contributed by atoms with Crippen LogP contribution < -0.4 is 10.6 Å². The van der Waals surface area contributed by atoms with E-state index in [9.17, 15) is 0 Å². The second-order valence-electron chi connectivity index (χ2n) is 3.87. The lowest BCUT2D eigenvalue weighted by Gasteiger charge is -2.15. The number of aryl methyl sites for hydroxylation is 1. The highest BCUT2D eigenvalue weighted by molar-refractivity contribution is 9.10. The molecule has 88 valence electrons. The van der Waals surface area contributed by atoms with Gasteiger partial charge in [0, 0.05) is 16.2 Å². The minimum atomic E-state index is 0.400. The Bertz CT molecular complexity index is 379. The standard InChI is InChI=1S/C12H17BrN2S/c1-4-9(3)14-12(16)15-10-5-6-11(13)8(2)7-10/h5-7,9H,4H2,1-3H3,(H2,14,15,16). The van der Waals surface area contributed by atoms with Crippen LogP contribution in [-0.4, -0.2) is 11.2 Å². The van der Waals surface area contributed by atoms with Gasteiger partial charge in [0.1, 0.15) is 0 Å². The first-order chi connectivity index (χ1) is 7.52. The summed E-state index contributed by atoms with van der Waals surface area (Å²) in [6.07, 6.45) is 1.06. The van der Waals surface area contributed by atoms with Gasteiger partial charge in [-0.1, -0.05) is 22.9 Å². The van der Waals surface area contributed by atoms with Gasteiger partial charge in [-0.05, 0) is 56.2 Å². The third-order valence-corrected chi connectivity index (χ3v) is 3.52. The molecule has 16 heavy (non-hydrogen) atoms. The van der Waals surface area contributed by atoms with E-state index >= 15 is 0 Å². The first-order valence-corrected chi connectivity index (χ1v) is 6.56. The zero-order valence-electron chi connectivity index (χ0n) is 9.80. The number of hydrogen-bond acceptors (Lipinski definition) is 1. The van der Waals surface area contributed by atoms with E-state index in [2.05, 4.69) is 53.4 Å². The minimum absolute atomic E-state index is 0.400. The predicted octanol–water partition coefficient (Wildman–Crippen LogP) is 3.84. The maximum Gasteiger partial charge on any atom is 0.170 e. The van der Waals surface area contributed by atoms with Crippen LogP contribution in [0.5, 0.6) is 0 Å². The first kappa shape index (κ1) is 13.5. The Kier molecular flexibility index (Phi) is 5.22. The minimum Gasteiger partial charge on any atom is -0.360 e. The number of rotatable bonds is 3. The molecule has 0 heterocycles. The van der Waals surface area contributed by atoms with E-state index in [1.165, 1.54) is 5.56 Å². The molecule has 0 saturated heterocycles. The summed E-state index contributed by atoms with van der Waals surface area (Å²) >= 11 is 8.69. The summed E-state index contributed by atoms with van der Waals surface area (Å²) in [5.74, 6) is 0. The highest BCUT2D eigenvalue weighted by Gasteiger charge is 2.02. The molecule has 2 N–H and O–H groups in total. The van der Waals surface area contributed by atoms with E-state index in [-0.39, 0.29) is 0 Å². The van der Waals surface area contributed by atoms with Gasteiger partial charge in [0.25, 0.3) is 0 Å². The van der Waals surface area contributed by atoms with Gasteiger partial charge in [0.15, 0.2) is 5.11 Å². The molecule has 1 aromatic carbocycles. The van der Waals surface area contributed by atoms with E-state index in [0.29, 0.717) is 11.2 Å². The van der Waals surface area contributed by atoms with Crippen molar-refractivity contribution < 1.29 is 0 Å². The molecule has 2 nitrogen and oxygen atoms in total. The van der Waals surface area contributed by atoms with Gasteiger partial charge in [0.2, 0.25) is 0 Å². The summed E-state index contributed by atoms with van der Waals surface area (Å²) < 4.78 is 1.11. The van der Waals surface area contributed by atoms with Crippen LogP contribution in [-0.2, 0) is 0 Å². The Hall–Kier alpha value is -0.610. The predicted molar refractivity (Wildman–Crippen MR) is 78.0 cm³/mol. The highest BCUT2D eigenvalue weighted by Crippen LogP contribution is 2.19. The highest BCUT2D eigenvalue weighted by atomic mass is 79.9. The van der Waals surface area contributed by atoms with Crippen molar-refractivity contribution in [1.29, 1.82) is 0 Å². The maximum atomic E-state index is 5.22. The molecule has 1 aromatic rings. The van der Waals surface area contributed by atoms with Crippen molar-refractivity contribution in [2.75, 3.05) is 5.32 Å². The van der Waals surface area contributed by atoms with Crippen molar-refractivity contribution in [2.24, 2.45) is 0 Å². The molecule has 1 rings (SSSR count). The third kappa shape index (κ3) is 4.10. The number of thiocarbonyl (C=S) groups is 1. The molecule has 0 bridgehead atoms. The van der Waals surface area contributed by atoms with Crippen molar-refractivity contribution in [1.82, 2.24) is 5.32 Å². The number of halogens is 1. The SMILES string of the molecule is CCC(C)NC(=S)Nc1ccc(Br)c(C)c1. The van der Waals surface area contributed by atoms with Crippen LogP contribution in [0.25, 0.3) is 0 Å². The van der Waals surface area contributed by atoms with E-state index in [4.69, 9.17) is 12.2 Å². The molecular weight excluding hydrogens is 284 g/mol. The Labute approximate surface area is 111 Å². The lowest BCUT2D eigenvalue weighted by Crippen LogP contribution is -2.35. The fourth-order valence-corrected chi connectivity index (χ4v) is 1.78. The van der Waals surface area contributed by atoms with E-state index in [1.807, 2.05) is 12.1 Å². The number of nitrogens with one attached hydrogen (secondary N) is 2. The summed E-state index contributed by atoms with van der Waals surface area (Å²) in [5.41, 5.74) is 2.21. The van der Waals surface area contributed by atoms with Gasteiger partial charge in [0.05, 0.1) is 0 Å². The van der Waals surface area contributed by atoms with Crippen LogP contribution in [0.3, 0.4) is 0 Å². The lowest BCUT2D eigenvalue weighted by molar-refractivity contribution is 0.646. The van der Waals surface area contributed by atoms with E-state index in [1.54, 1.807) is 0 Å². The smallest absolute Gasteiger partial charge is 0.170 e. The number of benzene rings is 1. The second kappa shape index (κ2) is 6.21. The fourth-order valence-electron chi connectivity index (χ4n) is 1.22. The van der Waals surface area contributed by atoms with Gasteiger partial charge < -0.3 is 10.6 Å². The zero-order chi connectivity index (χ0) is 12.1. The monoisotopic (exact) mass is 300 g/mol. The molecular formula is C12H17BrN2S. The van der Waals surface area contributed by atoms with Gasteiger partial charge in [-0.2, -0.15) is 0 Å². The molecule has 0 saturated carbocycles. The molecule has 0 aliphatic heterocycles. The van der Waals surface area contributed by atoms with E-state index < -0.39 is 0 Å². The van der Waals surface area contributed by atoms with Gasteiger partial charge in [-0.25, -0.2) is 0 Å². The normalized spacial score (nSPS) is 12.0. The van der Waals surface area contributed by atoms with Crippen molar-refractivity contribution >= 4 is 38.9 Å². The van der Waals surface area contributed by atoms with Crippen LogP contribution in [0.15, 0.2) is 22.7 Å². The van der Waals surface area contributed by atoms with Crippen molar-refractivity contribution in [3.05, 3.63) is 28.2 Å². The summed E-state index contributed by atoms with van der Waals surface area (Å²) in [4.78, 5) is 0. The number of hydrogen-bond donors (Lipinski definition) is 2. The molecule has 1 atom stereocenters. The van der Waals surface area contributed by atoms with Gasteiger partial charge >= 0.3 is 0 Å². The summed E-state index contributed by atoms with van der Waals surface area (Å²) in [7, 11) is 0. The largest absolute Gasteiger partial charge is 0.360 e. The molecule has 0 spiro atoms. The number of anilines is 1. The van der Waals surface area contributed by atoms with Crippen molar-refractivity contribution in [2.45, 2.75) is 33.2 Å². The van der Waals surface area contributed by atoms with E-state index in [0.717, 1.165) is 16.6 Å². The molecule has 0 amide bonds. The van der Waals surface area contributed by atoms with Crippen LogP contribution in [0, 0.1) is 6.92 Å². The molecule has 0 aromatic heterocycles. The molecule has 0 fully saturated rings. The quantitative estimate of drug-likeness (QED) is 0.829. The average Bonchev–Trinajstić information content (AvgIpc) is 2.23. The van der Waals surface area contributed by atoms with Gasteiger partial charge in [-0.3, -0.25) is 0 Å². The van der Waals surface area contributed by atoms with Crippen LogP contribution in [0.2, 0.25) is 0 Å². The summed E-state index contributed by atoms with van der Waals surface area (Å²) in [6.45, 7) is 6.30. The fraction of sp³-hybridized carbons (Fsp3) is 0.417. The average molecular weight is 301 g/mol. The Morgan fingerprint density at radius 3 is 2.75 bits per heavy atom. The van der Waals surface area contributed by atoms with Crippen molar-refractivity contribution in [3.8, 4) is 0 Å². The topological polar surface area (TPSA) is 24.1 Å². The molecule has 4 heteroatoms. The lowest BCUT2D eigenvalue weighted by atomic mass is 10.2. The molecule has 1 unspecified atom stereocenters. The van der Waals surface area contributed by atoms with Crippen molar-refractivity contribution in [3.63, 3.8) is 0 Å². The summed E-state index contributed by atoms with van der Waals surface area (Å²) in [5, 5.41) is 7.07. The maximum absolute atomic E-state index is 5.22. The Morgan fingerprint density at radius 1 is 1.50 bits per heavy atom. The second-order valence-corrected chi connectivity index (χ2v) is 5.13. The summed E-state index contributed by atoms with van der Waals surface area (Å²) in [6, 6.07) is 6.48. The van der Waals surface area contributed by atoms with Crippen LogP contribution in [0.1, 0.15) is 25.8 Å².